The molecule has 1 fully saturated rings. The number of carbonyl (C=O) groups excluding carboxylic acids is 2. The molecule has 0 N–H and O–H groups in total. The fraction of sp³-hybridized carbons (Fsp3) is 0.263. The van der Waals surface area contributed by atoms with Gasteiger partial charge in [-0.2, -0.15) is 5.10 Å². The average Bonchev–Trinajstić information content (AvgIpc) is 3.37. The van der Waals surface area contributed by atoms with Crippen LogP contribution < -0.4 is 9.64 Å². The Hall–Kier alpha value is -3.20. The standard InChI is InChI=1S/C19H19N5O3S/c1-22-11-14(9-21-22)24-8-7-23(12-17(24)25)19(26)16-10-20-18(28-16)13-3-5-15(27-2)6-4-13/h3-6,9-11H,7-8,12H2,1-2H3. The van der Waals surface area contributed by atoms with Crippen LogP contribution in [-0.2, 0) is 11.8 Å². The number of hydrogen-bond acceptors (Lipinski definition) is 6. The molecule has 0 aliphatic carbocycles. The topological polar surface area (TPSA) is 80.6 Å². The van der Waals surface area contributed by atoms with Crippen molar-refractivity contribution in [2.24, 2.45) is 7.05 Å². The van der Waals surface area contributed by atoms with E-state index in [4.69, 9.17) is 4.74 Å². The van der Waals surface area contributed by atoms with Crippen molar-refractivity contribution in [3.8, 4) is 16.3 Å². The van der Waals surface area contributed by atoms with Crippen LogP contribution in [0, 0.1) is 0 Å². The van der Waals surface area contributed by atoms with Crippen molar-refractivity contribution in [2.45, 2.75) is 0 Å². The molecular weight excluding hydrogens is 378 g/mol. The monoisotopic (exact) mass is 397 g/mol. The highest BCUT2D eigenvalue weighted by molar-refractivity contribution is 7.16. The third-order valence-corrected chi connectivity index (χ3v) is 5.60. The predicted molar refractivity (Wildman–Crippen MR) is 106 cm³/mol. The number of methoxy groups -OCH3 is 1. The third kappa shape index (κ3) is 3.48. The van der Waals surface area contributed by atoms with Gasteiger partial charge < -0.3 is 14.5 Å². The van der Waals surface area contributed by atoms with E-state index in [2.05, 4.69) is 10.1 Å². The summed E-state index contributed by atoms with van der Waals surface area (Å²) in [4.78, 5) is 33.5. The molecular formula is C19H19N5O3S. The number of amides is 2. The lowest BCUT2D eigenvalue weighted by Gasteiger charge is -2.33. The van der Waals surface area contributed by atoms with Crippen LogP contribution in [0.3, 0.4) is 0 Å². The first-order chi connectivity index (χ1) is 13.5. The van der Waals surface area contributed by atoms with Gasteiger partial charge in [0.25, 0.3) is 5.91 Å². The molecule has 0 spiro atoms. The second-order valence-electron chi connectivity index (χ2n) is 6.40. The summed E-state index contributed by atoms with van der Waals surface area (Å²) in [5.74, 6) is 0.477. The molecule has 1 aromatic carbocycles. The van der Waals surface area contributed by atoms with Gasteiger partial charge in [-0.3, -0.25) is 14.3 Å². The number of nitrogens with zero attached hydrogens (tertiary/aromatic N) is 5. The van der Waals surface area contributed by atoms with Crippen molar-refractivity contribution in [3.05, 3.63) is 47.7 Å². The molecule has 28 heavy (non-hydrogen) atoms. The Labute approximate surface area is 166 Å². The van der Waals surface area contributed by atoms with Crippen molar-refractivity contribution < 1.29 is 14.3 Å². The predicted octanol–water partition coefficient (Wildman–Crippen LogP) is 2.04. The molecule has 4 rings (SSSR count). The number of ether oxygens (including phenoxy) is 1. The minimum Gasteiger partial charge on any atom is -0.497 e. The van der Waals surface area contributed by atoms with Gasteiger partial charge in [-0.15, -0.1) is 11.3 Å². The first-order valence-electron chi connectivity index (χ1n) is 8.73. The number of thiazole rings is 1. The van der Waals surface area contributed by atoms with Crippen molar-refractivity contribution in [1.82, 2.24) is 19.7 Å². The zero-order chi connectivity index (χ0) is 19.7. The van der Waals surface area contributed by atoms with Gasteiger partial charge in [0.2, 0.25) is 5.91 Å². The summed E-state index contributed by atoms with van der Waals surface area (Å²) < 4.78 is 6.81. The largest absolute Gasteiger partial charge is 0.497 e. The summed E-state index contributed by atoms with van der Waals surface area (Å²) >= 11 is 1.32. The number of carbonyl (C=O) groups is 2. The number of hydrogen-bond donors (Lipinski definition) is 0. The van der Waals surface area contributed by atoms with E-state index in [1.54, 1.807) is 47.2 Å². The van der Waals surface area contributed by atoms with Crippen LogP contribution in [0.4, 0.5) is 5.69 Å². The highest BCUT2D eigenvalue weighted by atomic mass is 32.1. The lowest BCUT2D eigenvalue weighted by Crippen LogP contribution is -2.52. The Morgan fingerprint density at radius 3 is 2.61 bits per heavy atom. The smallest absolute Gasteiger partial charge is 0.266 e. The molecule has 144 valence electrons. The average molecular weight is 397 g/mol. The fourth-order valence-electron chi connectivity index (χ4n) is 3.06. The molecule has 3 heterocycles. The fourth-order valence-corrected chi connectivity index (χ4v) is 3.95. The van der Waals surface area contributed by atoms with Gasteiger partial charge in [-0.25, -0.2) is 4.98 Å². The van der Waals surface area contributed by atoms with Crippen LogP contribution in [0.5, 0.6) is 5.75 Å². The first kappa shape index (κ1) is 18.2. The van der Waals surface area contributed by atoms with E-state index in [-0.39, 0.29) is 18.4 Å². The molecule has 1 aliphatic rings. The van der Waals surface area contributed by atoms with Gasteiger partial charge in [0, 0.05) is 31.9 Å². The summed E-state index contributed by atoms with van der Waals surface area (Å²) in [5, 5.41) is 4.85. The minimum absolute atomic E-state index is 0.0451. The van der Waals surface area contributed by atoms with Crippen LogP contribution in [0.25, 0.3) is 10.6 Å². The van der Waals surface area contributed by atoms with Gasteiger partial charge in [0.15, 0.2) is 0 Å². The SMILES string of the molecule is COc1ccc(-c2ncc(C(=O)N3CCN(c4cnn(C)c4)C(=O)C3)s2)cc1. The zero-order valence-electron chi connectivity index (χ0n) is 15.5. The van der Waals surface area contributed by atoms with Gasteiger partial charge in [0.05, 0.1) is 25.2 Å². The molecule has 9 heteroatoms. The molecule has 0 atom stereocenters. The molecule has 3 aromatic rings. The minimum atomic E-state index is -0.170. The Morgan fingerprint density at radius 1 is 1.18 bits per heavy atom. The third-order valence-electron chi connectivity index (χ3n) is 4.56. The van der Waals surface area contributed by atoms with E-state index in [9.17, 15) is 9.59 Å². The quantitative estimate of drug-likeness (QED) is 0.673. The summed E-state index contributed by atoms with van der Waals surface area (Å²) in [6.07, 6.45) is 5.02. The first-order valence-corrected chi connectivity index (χ1v) is 9.55. The van der Waals surface area contributed by atoms with E-state index in [1.807, 2.05) is 24.3 Å². The normalized spacial score (nSPS) is 14.4. The summed E-state index contributed by atoms with van der Waals surface area (Å²) in [6.45, 7) is 0.957. The van der Waals surface area contributed by atoms with E-state index in [0.717, 1.165) is 22.0 Å². The molecule has 2 aromatic heterocycles. The van der Waals surface area contributed by atoms with Crippen molar-refractivity contribution >= 4 is 28.8 Å². The number of anilines is 1. The maximum absolute atomic E-state index is 12.8. The highest BCUT2D eigenvalue weighted by Gasteiger charge is 2.30. The molecule has 0 saturated carbocycles. The van der Waals surface area contributed by atoms with E-state index in [1.165, 1.54) is 11.3 Å². The lowest BCUT2D eigenvalue weighted by molar-refractivity contribution is -0.120. The molecule has 1 saturated heterocycles. The zero-order valence-corrected chi connectivity index (χ0v) is 16.3. The van der Waals surface area contributed by atoms with E-state index in [0.29, 0.717) is 18.0 Å². The number of benzene rings is 1. The summed E-state index contributed by atoms with van der Waals surface area (Å²) in [7, 11) is 3.42. The number of rotatable bonds is 4. The number of piperazine rings is 1. The van der Waals surface area contributed by atoms with Crippen molar-refractivity contribution in [3.63, 3.8) is 0 Å². The summed E-state index contributed by atoms with van der Waals surface area (Å²) in [6, 6.07) is 7.52. The van der Waals surface area contributed by atoms with Gasteiger partial charge in [0.1, 0.15) is 22.2 Å². The van der Waals surface area contributed by atoms with Crippen LogP contribution >= 0.6 is 11.3 Å². The second kappa shape index (κ2) is 7.43. The molecule has 0 radical (unpaired) electrons. The molecule has 0 unspecified atom stereocenters. The maximum atomic E-state index is 12.8. The Kier molecular flexibility index (Phi) is 4.82. The Bertz CT molecular complexity index is 1010. The van der Waals surface area contributed by atoms with Crippen LogP contribution in [0.15, 0.2) is 42.9 Å². The van der Waals surface area contributed by atoms with Gasteiger partial charge in [-0.1, -0.05) is 0 Å². The maximum Gasteiger partial charge on any atom is 0.266 e. The molecule has 1 aliphatic heterocycles. The molecule has 2 amide bonds. The highest BCUT2D eigenvalue weighted by Crippen LogP contribution is 2.28. The number of aromatic nitrogens is 3. The van der Waals surface area contributed by atoms with E-state index >= 15 is 0 Å². The second-order valence-corrected chi connectivity index (χ2v) is 7.43. The van der Waals surface area contributed by atoms with Crippen LogP contribution in [-0.4, -0.2) is 58.2 Å². The van der Waals surface area contributed by atoms with Gasteiger partial charge in [-0.05, 0) is 24.3 Å². The van der Waals surface area contributed by atoms with Crippen molar-refractivity contribution in [2.75, 3.05) is 31.6 Å². The van der Waals surface area contributed by atoms with Crippen LogP contribution in [0.2, 0.25) is 0 Å². The van der Waals surface area contributed by atoms with Gasteiger partial charge >= 0.3 is 0 Å². The Balaban J connectivity index is 1.45. The summed E-state index contributed by atoms with van der Waals surface area (Å²) in [5.41, 5.74) is 1.67. The Morgan fingerprint density at radius 2 is 1.96 bits per heavy atom. The molecule has 0 bridgehead atoms. The lowest BCUT2D eigenvalue weighted by atomic mass is 10.2. The van der Waals surface area contributed by atoms with E-state index < -0.39 is 0 Å². The van der Waals surface area contributed by atoms with Crippen LogP contribution in [0.1, 0.15) is 9.67 Å². The number of aryl methyl sites for hydroxylation is 1. The van der Waals surface area contributed by atoms with Crippen molar-refractivity contribution in [1.29, 1.82) is 0 Å². The molecule has 8 nitrogen and oxygen atoms in total.